The van der Waals surface area contributed by atoms with Crippen LogP contribution in [0.1, 0.15) is 26.3 Å². The predicted octanol–water partition coefficient (Wildman–Crippen LogP) is 2.56. The Morgan fingerprint density at radius 2 is 1.54 bits per heavy atom. The summed E-state index contributed by atoms with van der Waals surface area (Å²) in [6.45, 7) is -0.0635. The topological polar surface area (TPSA) is 82.1 Å². The lowest BCUT2D eigenvalue weighted by Gasteiger charge is -2.12. The number of carbonyl (C=O) groups excluding carboxylic acids is 3. The Morgan fingerprint density at radius 3 is 2.08 bits per heavy atom. The number of benzene rings is 2. The van der Waals surface area contributed by atoms with Gasteiger partial charge in [-0.2, -0.15) is 0 Å². The summed E-state index contributed by atoms with van der Waals surface area (Å²) < 4.78 is 9.93. The first-order valence-electron chi connectivity index (χ1n) is 7.05. The lowest BCUT2D eigenvalue weighted by Crippen LogP contribution is -2.32. The molecule has 0 aliphatic carbocycles. The van der Waals surface area contributed by atoms with Gasteiger partial charge in [0.25, 0.3) is 11.8 Å². The first-order valence-corrected chi connectivity index (χ1v) is 7.05. The molecular weight excluding hydrogens is 314 g/mol. The van der Waals surface area contributed by atoms with Gasteiger partial charge in [-0.1, -0.05) is 29.3 Å². The van der Waals surface area contributed by atoms with Gasteiger partial charge in [0.1, 0.15) is 12.4 Å². The Bertz CT molecular complexity index is 764. The molecule has 2 amide bonds. The van der Waals surface area contributed by atoms with Crippen LogP contribution in [-0.4, -0.2) is 30.1 Å². The first-order chi connectivity index (χ1) is 11.6. The minimum absolute atomic E-state index is 0.0635. The number of rotatable bonds is 4. The fourth-order valence-electron chi connectivity index (χ4n) is 2.21. The minimum atomic E-state index is -1.14. The molecule has 0 saturated carbocycles. The number of hydrogen-bond donors (Lipinski definition) is 0. The normalized spacial score (nSPS) is 12.8. The van der Waals surface area contributed by atoms with Crippen LogP contribution in [0.25, 0.3) is 0 Å². The summed E-state index contributed by atoms with van der Waals surface area (Å²) in [5.41, 5.74) is 1.08. The molecule has 1 aliphatic rings. The van der Waals surface area contributed by atoms with E-state index in [0.717, 1.165) is 0 Å². The Kier molecular flexibility index (Phi) is 4.15. The molecule has 7 heteroatoms. The van der Waals surface area contributed by atoms with E-state index in [1.165, 1.54) is 12.1 Å². The van der Waals surface area contributed by atoms with Gasteiger partial charge < -0.3 is 9.47 Å². The van der Waals surface area contributed by atoms with Crippen LogP contribution in [0.2, 0.25) is 0 Å². The smallest absolute Gasteiger partial charge is 0.497 e. The Hall–Kier alpha value is -3.35. The van der Waals surface area contributed by atoms with Crippen LogP contribution < -0.4 is 4.74 Å². The maximum atomic E-state index is 12.0. The van der Waals surface area contributed by atoms with Crippen molar-refractivity contribution < 1.29 is 28.7 Å². The highest BCUT2D eigenvalue weighted by Crippen LogP contribution is 2.23. The van der Waals surface area contributed by atoms with Crippen molar-refractivity contribution in [2.45, 2.75) is 6.61 Å². The molecule has 7 nitrogen and oxygen atoms in total. The Labute approximate surface area is 137 Å². The minimum Gasteiger partial charge on any atom is -0.497 e. The number of hydroxylamine groups is 2. The van der Waals surface area contributed by atoms with Gasteiger partial charge in [-0.3, -0.25) is 14.4 Å². The van der Waals surface area contributed by atoms with Crippen LogP contribution >= 0.6 is 0 Å². The van der Waals surface area contributed by atoms with Crippen LogP contribution in [-0.2, 0) is 16.2 Å². The van der Waals surface area contributed by atoms with Gasteiger partial charge in [0, 0.05) is 0 Å². The number of amides is 2. The van der Waals surface area contributed by atoms with Crippen molar-refractivity contribution in [1.29, 1.82) is 0 Å². The van der Waals surface area contributed by atoms with E-state index in [1.54, 1.807) is 43.5 Å². The molecule has 0 radical (unpaired) electrons. The van der Waals surface area contributed by atoms with Gasteiger partial charge in [0.05, 0.1) is 18.2 Å². The summed E-state index contributed by atoms with van der Waals surface area (Å²) in [4.78, 5) is 40.5. The average molecular weight is 327 g/mol. The number of methoxy groups -OCH3 is 1. The van der Waals surface area contributed by atoms with Crippen molar-refractivity contribution in [1.82, 2.24) is 5.06 Å². The third-order valence-electron chi connectivity index (χ3n) is 3.44. The summed E-state index contributed by atoms with van der Waals surface area (Å²) in [6, 6.07) is 13.1. The van der Waals surface area contributed by atoms with E-state index in [4.69, 9.17) is 14.3 Å². The quantitative estimate of drug-likeness (QED) is 0.634. The number of imide groups is 1. The monoisotopic (exact) mass is 327 g/mol. The molecule has 3 rings (SSSR count). The van der Waals surface area contributed by atoms with Crippen LogP contribution in [0.15, 0.2) is 48.5 Å². The average Bonchev–Trinajstić information content (AvgIpc) is 2.86. The van der Waals surface area contributed by atoms with E-state index in [-0.39, 0.29) is 17.7 Å². The second-order valence-electron chi connectivity index (χ2n) is 4.93. The van der Waals surface area contributed by atoms with E-state index in [0.29, 0.717) is 16.4 Å². The predicted molar refractivity (Wildman–Crippen MR) is 81.2 cm³/mol. The zero-order valence-corrected chi connectivity index (χ0v) is 12.7. The second-order valence-corrected chi connectivity index (χ2v) is 4.93. The highest BCUT2D eigenvalue weighted by molar-refractivity contribution is 6.20. The largest absolute Gasteiger partial charge is 0.534 e. The van der Waals surface area contributed by atoms with E-state index < -0.39 is 18.0 Å². The number of nitrogens with zero attached hydrogens (tertiary/aromatic N) is 1. The van der Waals surface area contributed by atoms with Gasteiger partial charge in [-0.25, -0.2) is 4.79 Å². The number of hydrogen-bond acceptors (Lipinski definition) is 6. The maximum absolute atomic E-state index is 12.0. The molecule has 0 N–H and O–H groups in total. The van der Waals surface area contributed by atoms with Gasteiger partial charge in [-0.05, 0) is 29.8 Å². The zero-order valence-electron chi connectivity index (χ0n) is 12.7. The Morgan fingerprint density at radius 1 is 0.958 bits per heavy atom. The molecule has 0 unspecified atom stereocenters. The summed E-state index contributed by atoms with van der Waals surface area (Å²) in [5.74, 6) is -0.721. The fourth-order valence-corrected chi connectivity index (χ4v) is 2.21. The highest BCUT2D eigenvalue weighted by Gasteiger charge is 2.39. The number of fused-ring (bicyclic) bond motifs is 1. The van der Waals surface area contributed by atoms with Gasteiger partial charge in [-0.15, -0.1) is 0 Å². The van der Waals surface area contributed by atoms with Gasteiger partial charge in [0.15, 0.2) is 0 Å². The summed E-state index contributed by atoms with van der Waals surface area (Å²) >= 11 is 0. The summed E-state index contributed by atoms with van der Waals surface area (Å²) in [6.07, 6.45) is -1.14. The second kappa shape index (κ2) is 6.41. The molecule has 2 aromatic rings. The molecule has 1 aliphatic heterocycles. The molecule has 1 heterocycles. The summed E-state index contributed by atoms with van der Waals surface area (Å²) in [5, 5.41) is 0.404. The van der Waals surface area contributed by atoms with E-state index in [1.807, 2.05) is 0 Å². The van der Waals surface area contributed by atoms with Crippen LogP contribution in [0.5, 0.6) is 5.75 Å². The fraction of sp³-hybridized carbons (Fsp3) is 0.118. The maximum Gasteiger partial charge on any atom is 0.534 e. The molecule has 0 aromatic heterocycles. The van der Waals surface area contributed by atoms with Crippen molar-refractivity contribution >= 4 is 18.0 Å². The lowest BCUT2D eigenvalue weighted by molar-refractivity contribution is -0.0759. The third-order valence-corrected chi connectivity index (χ3v) is 3.44. The van der Waals surface area contributed by atoms with Crippen LogP contribution in [0.3, 0.4) is 0 Å². The molecule has 122 valence electrons. The van der Waals surface area contributed by atoms with Crippen LogP contribution in [0, 0.1) is 0 Å². The van der Waals surface area contributed by atoms with Crippen molar-refractivity contribution in [3.63, 3.8) is 0 Å². The number of ether oxygens (including phenoxy) is 2. The third kappa shape index (κ3) is 2.91. The van der Waals surface area contributed by atoms with Crippen LogP contribution in [0.4, 0.5) is 4.79 Å². The van der Waals surface area contributed by atoms with Crippen molar-refractivity contribution in [3.8, 4) is 5.75 Å². The summed E-state index contributed by atoms with van der Waals surface area (Å²) in [7, 11) is 1.55. The molecule has 2 aromatic carbocycles. The van der Waals surface area contributed by atoms with E-state index in [9.17, 15) is 14.4 Å². The lowest BCUT2D eigenvalue weighted by atomic mass is 10.1. The molecule has 0 fully saturated rings. The molecule has 24 heavy (non-hydrogen) atoms. The number of carbonyl (C=O) groups is 3. The zero-order chi connectivity index (χ0) is 17.1. The van der Waals surface area contributed by atoms with E-state index in [2.05, 4.69) is 0 Å². The SMILES string of the molecule is COc1ccc(COC(=O)ON2C(=O)c3ccccc3C2=O)cc1. The molecular formula is C17H13NO6. The Balaban J connectivity index is 1.59. The molecule has 0 bridgehead atoms. The van der Waals surface area contributed by atoms with Gasteiger partial charge >= 0.3 is 6.16 Å². The molecule has 0 saturated heterocycles. The van der Waals surface area contributed by atoms with E-state index >= 15 is 0 Å². The molecule has 0 atom stereocenters. The van der Waals surface area contributed by atoms with Gasteiger partial charge in [0.2, 0.25) is 0 Å². The first kappa shape index (κ1) is 15.5. The molecule has 0 spiro atoms. The van der Waals surface area contributed by atoms with Crippen molar-refractivity contribution in [2.75, 3.05) is 7.11 Å². The highest BCUT2D eigenvalue weighted by atomic mass is 16.8. The standard InChI is InChI=1S/C17H13NO6/c1-22-12-8-6-11(7-9-12)10-23-17(21)24-18-15(19)13-4-2-3-5-14(13)16(18)20/h2-9H,10H2,1H3. The van der Waals surface area contributed by atoms with Crippen molar-refractivity contribution in [2.24, 2.45) is 0 Å². The van der Waals surface area contributed by atoms with Crippen molar-refractivity contribution in [3.05, 3.63) is 65.2 Å².